The lowest BCUT2D eigenvalue weighted by Gasteiger charge is -2.19. The van der Waals surface area contributed by atoms with Crippen LogP contribution in [0.5, 0.6) is 0 Å². The lowest BCUT2D eigenvalue weighted by Crippen LogP contribution is -2.54. The molecule has 1 fully saturated rings. The minimum Gasteiger partial charge on any atom is -0.480 e. The quantitative estimate of drug-likeness (QED) is 0.266. The Bertz CT molecular complexity index is 721. The summed E-state index contributed by atoms with van der Waals surface area (Å²) in [5.41, 5.74) is 0.743. The maximum absolute atomic E-state index is 12.1. The van der Waals surface area contributed by atoms with Crippen molar-refractivity contribution in [2.75, 3.05) is 19.7 Å². The maximum atomic E-state index is 12.1. The smallest absolute Gasteiger partial charge is 0.326 e. The summed E-state index contributed by atoms with van der Waals surface area (Å²) in [5.74, 6) is -3.01. The average Bonchev–Trinajstić information content (AvgIpc) is 3.25. The number of aliphatic carboxylic acids is 1. The molecule has 1 aromatic carbocycles. The highest BCUT2D eigenvalue weighted by Crippen LogP contribution is 2.05. The molecule has 1 heterocycles. The molecule has 3 atom stereocenters. The van der Waals surface area contributed by atoms with Gasteiger partial charge in [0.05, 0.1) is 19.2 Å². The molecule has 1 aliphatic heterocycles. The number of amides is 3. The molecule has 158 valence electrons. The zero-order valence-electron chi connectivity index (χ0n) is 15.9. The van der Waals surface area contributed by atoms with Crippen LogP contribution in [0, 0.1) is 0 Å². The monoisotopic (exact) mass is 406 g/mol. The molecule has 0 radical (unpaired) electrons. The van der Waals surface area contributed by atoms with Gasteiger partial charge in [0.2, 0.25) is 17.7 Å². The van der Waals surface area contributed by atoms with Crippen LogP contribution in [0.3, 0.4) is 0 Å². The van der Waals surface area contributed by atoms with E-state index in [1.165, 1.54) is 0 Å². The molecule has 10 nitrogen and oxygen atoms in total. The Morgan fingerprint density at radius 3 is 2.41 bits per heavy atom. The van der Waals surface area contributed by atoms with E-state index in [9.17, 15) is 29.4 Å². The number of carboxylic acids is 1. The van der Waals surface area contributed by atoms with E-state index < -0.39 is 55.0 Å². The van der Waals surface area contributed by atoms with Crippen molar-refractivity contribution in [3.63, 3.8) is 0 Å². The predicted molar refractivity (Wildman–Crippen MR) is 103 cm³/mol. The van der Waals surface area contributed by atoms with Crippen molar-refractivity contribution >= 4 is 23.7 Å². The number of benzene rings is 1. The van der Waals surface area contributed by atoms with Crippen LogP contribution in [0.1, 0.15) is 18.4 Å². The number of hydrogen-bond acceptors (Lipinski definition) is 6. The summed E-state index contributed by atoms with van der Waals surface area (Å²) >= 11 is 0. The molecule has 1 aliphatic rings. The minimum atomic E-state index is -1.20. The van der Waals surface area contributed by atoms with Gasteiger partial charge in [0.1, 0.15) is 12.1 Å². The molecule has 0 aliphatic carbocycles. The first-order chi connectivity index (χ1) is 13.9. The fourth-order valence-electron chi connectivity index (χ4n) is 2.96. The summed E-state index contributed by atoms with van der Waals surface area (Å²) in [5, 5.41) is 28.7. The largest absolute Gasteiger partial charge is 0.480 e. The van der Waals surface area contributed by atoms with Gasteiger partial charge < -0.3 is 31.5 Å². The molecule has 0 spiro atoms. The molecular weight excluding hydrogens is 380 g/mol. The van der Waals surface area contributed by atoms with Crippen molar-refractivity contribution in [3.05, 3.63) is 35.9 Å². The standard InChI is InChI=1S/C19H26N4O6/c24-11-15(23-18(27)13-7-4-8-20-13)17(26)21-10-16(25)22-14(19(28)29)9-12-5-2-1-3-6-12/h1-3,5-6,13-15,20,24H,4,7-11H2,(H,21,26)(H,22,25)(H,23,27)(H,28,29). The Hall–Kier alpha value is -2.98. The Labute approximate surface area is 168 Å². The third-order valence-corrected chi connectivity index (χ3v) is 4.53. The molecule has 0 saturated carbocycles. The van der Waals surface area contributed by atoms with Gasteiger partial charge in [0, 0.05) is 6.42 Å². The van der Waals surface area contributed by atoms with Gasteiger partial charge in [0.25, 0.3) is 0 Å². The second kappa shape index (κ2) is 11.1. The van der Waals surface area contributed by atoms with Crippen LogP contribution in [-0.4, -0.2) is 71.7 Å². The van der Waals surface area contributed by atoms with E-state index in [0.717, 1.165) is 12.0 Å². The number of carbonyl (C=O) groups is 4. The van der Waals surface area contributed by atoms with Gasteiger partial charge in [-0.1, -0.05) is 30.3 Å². The first-order valence-corrected chi connectivity index (χ1v) is 9.39. The molecule has 3 amide bonds. The van der Waals surface area contributed by atoms with Crippen LogP contribution in [0.4, 0.5) is 0 Å². The van der Waals surface area contributed by atoms with E-state index in [1.54, 1.807) is 30.3 Å². The lowest BCUT2D eigenvalue weighted by molar-refractivity contribution is -0.141. The highest BCUT2D eigenvalue weighted by molar-refractivity contribution is 5.92. The molecule has 0 bridgehead atoms. The van der Waals surface area contributed by atoms with Crippen molar-refractivity contribution in [1.82, 2.24) is 21.3 Å². The van der Waals surface area contributed by atoms with Gasteiger partial charge in [-0.25, -0.2) is 4.79 Å². The molecule has 6 N–H and O–H groups in total. The number of rotatable bonds is 10. The number of aliphatic hydroxyl groups is 1. The molecule has 1 saturated heterocycles. The topological polar surface area (TPSA) is 157 Å². The van der Waals surface area contributed by atoms with E-state index >= 15 is 0 Å². The van der Waals surface area contributed by atoms with Crippen LogP contribution in [-0.2, 0) is 25.6 Å². The fourth-order valence-corrected chi connectivity index (χ4v) is 2.96. The normalized spacial score (nSPS) is 17.8. The number of nitrogens with one attached hydrogen (secondary N) is 4. The van der Waals surface area contributed by atoms with Crippen molar-refractivity contribution in [3.8, 4) is 0 Å². The molecule has 2 rings (SSSR count). The number of carbonyl (C=O) groups excluding carboxylic acids is 3. The first kappa shape index (κ1) is 22.3. The van der Waals surface area contributed by atoms with E-state index in [2.05, 4.69) is 21.3 Å². The van der Waals surface area contributed by atoms with Gasteiger partial charge in [-0.05, 0) is 24.9 Å². The Morgan fingerprint density at radius 2 is 1.83 bits per heavy atom. The first-order valence-electron chi connectivity index (χ1n) is 9.39. The van der Waals surface area contributed by atoms with Crippen molar-refractivity contribution in [1.29, 1.82) is 0 Å². The molecule has 1 aromatic rings. The van der Waals surface area contributed by atoms with Crippen LogP contribution >= 0.6 is 0 Å². The minimum absolute atomic E-state index is 0.0968. The summed E-state index contributed by atoms with van der Waals surface area (Å²) in [4.78, 5) is 47.6. The van der Waals surface area contributed by atoms with Gasteiger partial charge in [0.15, 0.2) is 0 Å². The Morgan fingerprint density at radius 1 is 1.10 bits per heavy atom. The lowest BCUT2D eigenvalue weighted by atomic mass is 10.1. The summed E-state index contributed by atoms with van der Waals surface area (Å²) in [6, 6.07) is 6.07. The van der Waals surface area contributed by atoms with Gasteiger partial charge in [-0.2, -0.15) is 0 Å². The third-order valence-electron chi connectivity index (χ3n) is 4.53. The number of carboxylic acid groups (broad SMARTS) is 1. The highest BCUT2D eigenvalue weighted by atomic mass is 16.4. The summed E-state index contributed by atoms with van der Waals surface area (Å²) in [6.45, 7) is -0.398. The summed E-state index contributed by atoms with van der Waals surface area (Å²) in [7, 11) is 0. The Balaban J connectivity index is 1.81. The fraction of sp³-hybridized carbons (Fsp3) is 0.474. The predicted octanol–water partition coefficient (Wildman–Crippen LogP) is -1.86. The van der Waals surface area contributed by atoms with E-state index in [1.807, 2.05) is 0 Å². The van der Waals surface area contributed by atoms with E-state index in [4.69, 9.17) is 0 Å². The van der Waals surface area contributed by atoms with Crippen molar-refractivity contribution < 1.29 is 29.4 Å². The average molecular weight is 406 g/mol. The second-order valence-electron chi connectivity index (χ2n) is 6.76. The van der Waals surface area contributed by atoms with Crippen LogP contribution < -0.4 is 21.3 Å². The third kappa shape index (κ3) is 7.16. The molecular formula is C19H26N4O6. The van der Waals surface area contributed by atoms with Crippen molar-refractivity contribution in [2.45, 2.75) is 37.4 Å². The van der Waals surface area contributed by atoms with Gasteiger partial charge in [-0.3, -0.25) is 14.4 Å². The molecule has 3 unspecified atom stereocenters. The van der Waals surface area contributed by atoms with Crippen LogP contribution in [0.15, 0.2) is 30.3 Å². The zero-order valence-corrected chi connectivity index (χ0v) is 15.9. The van der Waals surface area contributed by atoms with Crippen LogP contribution in [0.2, 0.25) is 0 Å². The van der Waals surface area contributed by atoms with Gasteiger partial charge in [-0.15, -0.1) is 0 Å². The van der Waals surface area contributed by atoms with Crippen LogP contribution in [0.25, 0.3) is 0 Å². The van der Waals surface area contributed by atoms with E-state index in [-0.39, 0.29) is 6.42 Å². The molecule has 0 aromatic heterocycles. The highest BCUT2D eigenvalue weighted by Gasteiger charge is 2.27. The zero-order chi connectivity index (χ0) is 21.2. The molecule has 10 heteroatoms. The molecule has 29 heavy (non-hydrogen) atoms. The summed E-state index contributed by atoms with van der Waals surface area (Å²) in [6.07, 6.45) is 1.59. The number of hydrogen-bond donors (Lipinski definition) is 6. The summed E-state index contributed by atoms with van der Waals surface area (Å²) < 4.78 is 0. The van der Waals surface area contributed by atoms with E-state index in [0.29, 0.717) is 13.0 Å². The van der Waals surface area contributed by atoms with Crippen molar-refractivity contribution in [2.24, 2.45) is 0 Å². The van der Waals surface area contributed by atoms with Gasteiger partial charge >= 0.3 is 5.97 Å². The SMILES string of the molecule is O=C(CNC(=O)C(CO)NC(=O)C1CCCN1)NC(Cc1ccccc1)C(=O)O. The Kier molecular flexibility index (Phi) is 8.56. The maximum Gasteiger partial charge on any atom is 0.326 e. The second-order valence-corrected chi connectivity index (χ2v) is 6.76. The number of aliphatic hydroxyl groups excluding tert-OH is 1.